The fourth-order valence-electron chi connectivity index (χ4n) is 1.72. The molecule has 2 aromatic carbocycles. The lowest BCUT2D eigenvalue weighted by Gasteiger charge is -2.10. The van der Waals surface area contributed by atoms with Crippen molar-refractivity contribution in [1.82, 2.24) is 0 Å². The van der Waals surface area contributed by atoms with E-state index in [1.807, 2.05) is 0 Å². The first-order valence-corrected chi connectivity index (χ1v) is 7.70. The summed E-state index contributed by atoms with van der Waals surface area (Å²) in [7, 11) is -2.76. The molecule has 0 aliphatic rings. The quantitative estimate of drug-likeness (QED) is 0.665. The van der Waals surface area contributed by atoms with Crippen molar-refractivity contribution < 1.29 is 27.2 Å². The first-order chi connectivity index (χ1) is 10.4. The van der Waals surface area contributed by atoms with Gasteiger partial charge in [0.1, 0.15) is 10.6 Å². The summed E-state index contributed by atoms with van der Waals surface area (Å²) in [6, 6.07) is 13.2. The fourth-order valence-corrected chi connectivity index (χ4v) is 2.67. The standard InChI is InChI=1S/C15H14O6S/c1-20-15(17)14(16)11-7-9-12(10-8-11)21-22(18,19)13-5-3-2-4-6-13/h2-10,14,16H,1H3. The van der Waals surface area contributed by atoms with Crippen LogP contribution >= 0.6 is 0 Å². The maximum Gasteiger partial charge on any atom is 0.339 e. The molecular formula is C15H14O6S. The molecule has 0 fully saturated rings. The van der Waals surface area contributed by atoms with Gasteiger partial charge >= 0.3 is 16.1 Å². The molecule has 22 heavy (non-hydrogen) atoms. The van der Waals surface area contributed by atoms with E-state index in [4.69, 9.17) is 4.18 Å². The van der Waals surface area contributed by atoms with Crippen LogP contribution in [0.5, 0.6) is 5.75 Å². The van der Waals surface area contributed by atoms with Crippen molar-refractivity contribution in [2.75, 3.05) is 7.11 Å². The summed E-state index contributed by atoms with van der Waals surface area (Å²) in [6.45, 7) is 0. The molecule has 0 saturated carbocycles. The number of benzene rings is 2. The first-order valence-electron chi connectivity index (χ1n) is 6.29. The average Bonchev–Trinajstić information content (AvgIpc) is 2.54. The van der Waals surface area contributed by atoms with E-state index in [-0.39, 0.29) is 16.2 Å². The van der Waals surface area contributed by atoms with Crippen LogP contribution in [0.25, 0.3) is 0 Å². The van der Waals surface area contributed by atoms with Gasteiger partial charge in [0.25, 0.3) is 0 Å². The Morgan fingerprint density at radius 1 is 1.05 bits per heavy atom. The highest BCUT2D eigenvalue weighted by atomic mass is 32.2. The summed E-state index contributed by atoms with van der Waals surface area (Å²) >= 11 is 0. The van der Waals surface area contributed by atoms with Crippen LogP contribution in [-0.4, -0.2) is 26.6 Å². The zero-order chi connectivity index (χ0) is 16.2. The number of rotatable bonds is 5. The molecular weight excluding hydrogens is 308 g/mol. The van der Waals surface area contributed by atoms with Crippen LogP contribution < -0.4 is 4.18 Å². The Bertz CT molecular complexity index is 737. The largest absolute Gasteiger partial charge is 0.467 e. The van der Waals surface area contributed by atoms with E-state index in [0.29, 0.717) is 0 Å². The van der Waals surface area contributed by atoms with Gasteiger partial charge in [0.05, 0.1) is 7.11 Å². The SMILES string of the molecule is COC(=O)C(O)c1ccc(OS(=O)(=O)c2ccccc2)cc1. The van der Waals surface area contributed by atoms with Gasteiger partial charge in [-0.15, -0.1) is 0 Å². The van der Waals surface area contributed by atoms with E-state index < -0.39 is 22.2 Å². The molecule has 7 heteroatoms. The minimum Gasteiger partial charge on any atom is -0.467 e. The van der Waals surface area contributed by atoms with Gasteiger partial charge in [-0.25, -0.2) is 4.79 Å². The molecule has 1 atom stereocenters. The van der Waals surface area contributed by atoms with Crippen LogP contribution in [0, 0.1) is 0 Å². The third kappa shape index (κ3) is 3.63. The second kappa shape index (κ2) is 6.59. The summed E-state index contributed by atoms with van der Waals surface area (Å²) in [6.07, 6.45) is -1.43. The molecule has 0 saturated heterocycles. The third-order valence-corrected chi connectivity index (χ3v) is 4.12. The van der Waals surface area contributed by atoms with Crippen LogP contribution in [0.4, 0.5) is 0 Å². The maximum atomic E-state index is 12.0. The van der Waals surface area contributed by atoms with Crippen LogP contribution in [0.15, 0.2) is 59.5 Å². The minimum atomic E-state index is -3.92. The van der Waals surface area contributed by atoms with E-state index in [0.717, 1.165) is 7.11 Å². The molecule has 0 aromatic heterocycles. The summed E-state index contributed by atoms with van der Waals surface area (Å²) in [5.41, 5.74) is 0.274. The number of hydrogen-bond acceptors (Lipinski definition) is 6. The molecule has 0 aliphatic heterocycles. The van der Waals surface area contributed by atoms with Gasteiger partial charge in [-0.3, -0.25) is 0 Å². The zero-order valence-electron chi connectivity index (χ0n) is 11.7. The molecule has 2 rings (SSSR count). The Balaban J connectivity index is 2.17. The normalized spacial score (nSPS) is 12.5. The summed E-state index contributed by atoms with van der Waals surface area (Å²) in [5, 5.41) is 9.66. The molecule has 1 unspecified atom stereocenters. The fraction of sp³-hybridized carbons (Fsp3) is 0.133. The molecule has 0 bridgehead atoms. The van der Waals surface area contributed by atoms with Gasteiger partial charge in [0.2, 0.25) is 0 Å². The summed E-state index contributed by atoms with van der Waals surface area (Å²) < 4.78 is 33.5. The summed E-state index contributed by atoms with van der Waals surface area (Å²) in [4.78, 5) is 11.2. The second-order valence-corrected chi connectivity index (χ2v) is 5.89. The molecule has 116 valence electrons. The predicted octanol–water partition coefficient (Wildman–Crippen LogP) is 1.66. The molecule has 0 aliphatic carbocycles. The highest BCUT2D eigenvalue weighted by Gasteiger charge is 2.19. The van der Waals surface area contributed by atoms with Gasteiger partial charge in [0, 0.05) is 0 Å². The topological polar surface area (TPSA) is 89.9 Å². The van der Waals surface area contributed by atoms with E-state index in [2.05, 4.69) is 4.74 Å². The molecule has 0 heterocycles. The smallest absolute Gasteiger partial charge is 0.339 e. The lowest BCUT2D eigenvalue weighted by molar-refractivity contribution is -0.150. The Labute approximate surface area is 128 Å². The number of ether oxygens (including phenoxy) is 1. The number of hydrogen-bond donors (Lipinski definition) is 1. The minimum absolute atomic E-state index is 0.0358. The molecule has 0 radical (unpaired) electrons. The maximum absolute atomic E-state index is 12.0. The Morgan fingerprint density at radius 3 is 2.18 bits per heavy atom. The lowest BCUT2D eigenvalue weighted by Crippen LogP contribution is -2.13. The predicted molar refractivity (Wildman–Crippen MR) is 77.7 cm³/mol. The zero-order valence-corrected chi connectivity index (χ0v) is 12.5. The highest BCUT2D eigenvalue weighted by molar-refractivity contribution is 7.87. The lowest BCUT2D eigenvalue weighted by atomic mass is 10.1. The molecule has 0 spiro atoms. The van der Waals surface area contributed by atoms with Gasteiger partial charge < -0.3 is 14.0 Å². The van der Waals surface area contributed by atoms with E-state index in [9.17, 15) is 18.3 Å². The van der Waals surface area contributed by atoms with E-state index >= 15 is 0 Å². The number of aliphatic hydroxyl groups is 1. The van der Waals surface area contributed by atoms with Crippen LogP contribution in [-0.2, 0) is 19.6 Å². The first kappa shape index (κ1) is 16.0. The molecule has 2 aromatic rings. The Kier molecular flexibility index (Phi) is 4.79. The molecule has 6 nitrogen and oxygen atoms in total. The van der Waals surface area contributed by atoms with Gasteiger partial charge in [-0.1, -0.05) is 30.3 Å². The van der Waals surface area contributed by atoms with Crippen molar-refractivity contribution in [2.24, 2.45) is 0 Å². The monoisotopic (exact) mass is 322 g/mol. The van der Waals surface area contributed by atoms with Crippen molar-refractivity contribution in [3.05, 3.63) is 60.2 Å². The van der Waals surface area contributed by atoms with Crippen molar-refractivity contribution in [3.8, 4) is 5.75 Å². The molecule has 0 amide bonds. The number of carbonyl (C=O) groups excluding carboxylic acids is 1. The third-order valence-electron chi connectivity index (χ3n) is 2.86. The van der Waals surface area contributed by atoms with Gasteiger partial charge in [0.15, 0.2) is 6.10 Å². The van der Waals surface area contributed by atoms with Gasteiger partial charge in [-0.05, 0) is 29.8 Å². The second-order valence-electron chi connectivity index (χ2n) is 4.35. The Morgan fingerprint density at radius 2 is 1.64 bits per heavy atom. The number of aliphatic hydroxyl groups excluding tert-OH is 1. The van der Waals surface area contributed by atoms with Crippen LogP contribution in [0.2, 0.25) is 0 Å². The molecule has 1 N–H and O–H groups in total. The van der Waals surface area contributed by atoms with Crippen LogP contribution in [0.3, 0.4) is 0 Å². The average molecular weight is 322 g/mol. The van der Waals surface area contributed by atoms with Crippen molar-refractivity contribution >= 4 is 16.1 Å². The van der Waals surface area contributed by atoms with Gasteiger partial charge in [-0.2, -0.15) is 8.42 Å². The van der Waals surface area contributed by atoms with E-state index in [1.54, 1.807) is 18.2 Å². The number of methoxy groups -OCH3 is 1. The van der Waals surface area contributed by atoms with Crippen molar-refractivity contribution in [1.29, 1.82) is 0 Å². The number of esters is 1. The highest BCUT2D eigenvalue weighted by Crippen LogP contribution is 2.22. The van der Waals surface area contributed by atoms with Crippen LogP contribution in [0.1, 0.15) is 11.7 Å². The van der Waals surface area contributed by atoms with Crippen molar-refractivity contribution in [3.63, 3.8) is 0 Å². The van der Waals surface area contributed by atoms with E-state index in [1.165, 1.54) is 36.4 Å². The van der Waals surface area contributed by atoms with Crippen molar-refractivity contribution in [2.45, 2.75) is 11.0 Å². The summed E-state index contributed by atoms with van der Waals surface area (Å²) in [5.74, 6) is -0.727. The number of carbonyl (C=O) groups is 1. The Hall–Kier alpha value is -2.38.